The molecular formula is C9H21NOS. The summed E-state index contributed by atoms with van der Waals surface area (Å²) in [6.45, 7) is 12.3. The first-order valence-electron chi connectivity index (χ1n) is 4.57. The summed E-state index contributed by atoms with van der Waals surface area (Å²) in [5, 5.41) is 0.217. The lowest BCUT2D eigenvalue weighted by atomic mass is 10.3. The Morgan fingerprint density at radius 3 is 1.33 bits per heavy atom. The van der Waals surface area contributed by atoms with Crippen molar-refractivity contribution in [3.05, 3.63) is 0 Å². The standard InChI is InChI=1S/C9H21NOS/c1-7(2)10(8(3)4)12(11)9(5)6/h7-9H,1-6H3. The van der Waals surface area contributed by atoms with E-state index in [0.29, 0.717) is 12.1 Å². The topological polar surface area (TPSA) is 20.3 Å². The van der Waals surface area contributed by atoms with Crippen LogP contribution < -0.4 is 0 Å². The molecule has 0 aliphatic carbocycles. The van der Waals surface area contributed by atoms with Gasteiger partial charge >= 0.3 is 0 Å². The summed E-state index contributed by atoms with van der Waals surface area (Å²) < 4.78 is 13.8. The Labute approximate surface area is 78.9 Å². The zero-order valence-electron chi connectivity index (χ0n) is 9.00. The number of hydrogen-bond acceptors (Lipinski definition) is 1. The maximum absolute atomic E-state index is 11.8. The Bertz CT molecular complexity index is 147. The third-order valence-corrected chi connectivity index (χ3v) is 3.69. The Morgan fingerprint density at radius 2 is 1.25 bits per heavy atom. The molecule has 0 amide bonds. The van der Waals surface area contributed by atoms with E-state index >= 15 is 0 Å². The van der Waals surface area contributed by atoms with Crippen molar-refractivity contribution in [1.29, 1.82) is 0 Å². The number of nitrogens with zero attached hydrogens (tertiary/aromatic N) is 1. The third-order valence-electron chi connectivity index (χ3n) is 1.63. The molecule has 0 radical (unpaired) electrons. The van der Waals surface area contributed by atoms with E-state index in [1.54, 1.807) is 0 Å². The molecule has 0 spiro atoms. The van der Waals surface area contributed by atoms with Gasteiger partial charge in [-0.2, -0.15) is 0 Å². The molecule has 0 aliphatic rings. The van der Waals surface area contributed by atoms with Crippen LogP contribution in [0.2, 0.25) is 0 Å². The molecule has 0 aromatic rings. The van der Waals surface area contributed by atoms with E-state index in [2.05, 4.69) is 27.7 Å². The van der Waals surface area contributed by atoms with Crippen molar-refractivity contribution in [2.75, 3.05) is 0 Å². The normalized spacial score (nSPS) is 15.2. The minimum absolute atomic E-state index is 0.217. The first-order valence-corrected chi connectivity index (χ1v) is 5.74. The monoisotopic (exact) mass is 191 g/mol. The molecule has 12 heavy (non-hydrogen) atoms. The van der Waals surface area contributed by atoms with Crippen molar-refractivity contribution in [2.24, 2.45) is 0 Å². The third kappa shape index (κ3) is 3.23. The van der Waals surface area contributed by atoms with E-state index in [1.165, 1.54) is 0 Å². The average molecular weight is 191 g/mol. The van der Waals surface area contributed by atoms with E-state index in [9.17, 15) is 4.21 Å². The van der Waals surface area contributed by atoms with Gasteiger partial charge in [0.25, 0.3) is 0 Å². The Hall–Kier alpha value is 0.110. The maximum Gasteiger partial charge on any atom is 0.0973 e. The van der Waals surface area contributed by atoms with E-state index < -0.39 is 11.0 Å². The van der Waals surface area contributed by atoms with Crippen molar-refractivity contribution < 1.29 is 4.21 Å². The highest BCUT2D eigenvalue weighted by molar-refractivity contribution is 7.83. The van der Waals surface area contributed by atoms with Gasteiger partial charge < -0.3 is 0 Å². The lowest BCUT2D eigenvalue weighted by Crippen LogP contribution is -2.41. The molecule has 0 aromatic heterocycles. The smallest absolute Gasteiger partial charge is 0.0973 e. The van der Waals surface area contributed by atoms with Gasteiger partial charge in [-0.25, -0.2) is 8.51 Å². The SMILES string of the molecule is CC(C)N(C(C)C)S(=O)C(C)C. The summed E-state index contributed by atoms with van der Waals surface area (Å²) in [6.07, 6.45) is 0. The first kappa shape index (κ1) is 12.1. The maximum atomic E-state index is 11.8. The second kappa shape index (κ2) is 4.97. The molecule has 0 bridgehead atoms. The number of hydrogen-bond donors (Lipinski definition) is 0. The summed E-state index contributed by atoms with van der Waals surface area (Å²) in [4.78, 5) is 0. The van der Waals surface area contributed by atoms with Crippen molar-refractivity contribution >= 4 is 11.0 Å². The van der Waals surface area contributed by atoms with Gasteiger partial charge in [-0.3, -0.25) is 0 Å². The van der Waals surface area contributed by atoms with Crippen LogP contribution in [0.15, 0.2) is 0 Å². The van der Waals surface area contributed by atoms with Crippen LogP contribution in [-0.4, -0.2) is 25.8 Å². The van der Waals surface area contributed by atoms with Crippen LogP contribution in [0.1, 0.15) is 41.5 Å². The van der Waals surface area contributed by atoms with Crippen molar-refractivity contribution in [1.82, 2.24) is 4.31 Å². The van der Waals surface area contributed by atoms with Gasteiger partial charge in [-0.1, -0.05) is 0 Å². The number of rotatable bonds is 4. The fourth-order valence-corrected chi connectivity index (χ4v) is 2.57. The Morgan fingerprint density at radius 1 is 0.917 bits per heavy atom. The fourth-order valence-electron chi connectivity index (χ4n) is 1.26. The highest BCUT2D eigenvalue weighted by Gasteiger charge is 2.21. The molecule has 1 atom stereocenters. The molecule has 1 unspecified atom stereocenters. The van der Waals surface area contributed by atoms with E-state index in [1.807, 2.05) is 18.2 Å². The second-order valence-corrected chi connectivity index (χ2v) is 5.79. The van der Waals surface area contributed by atoms with Crippen molar-refractivity contribution in [3.63, 3.8) is 0 Å². The summed E-state index contributed by atoms with van der Waals surface area (Å²) in [5.74, 6) is 0. The predicted molar refractivity (Wildman–Crippen MR) is 55.4 cm³/mol. The van der Waals surface area contributed by atoms with E-state index in [0.717, 1.165) is 0 Å². The molecule has 0 aliphatic heterocycles. The Kier molecular flexibility index (Phi) is 5.02. The molecule has 0 saturated heterocycles. The van der Waals surface area contributed by atoms with Crippen LogP contribution in [0, 0.1) is 0 Å². The summed E-state index contributed by atoms with van der Waals surface area (Å²) in [6, 6.07) is 0.710. The van der Waals surface area contributed by atoms with Crippen molar-refractivity contribution in [3.8, 4) is 0 Å². The van der Waals surface area contributed by atoms with Crippen LogP contribution >= 0.6 is 0 Å². The van der Waals surface area contributed by atoms with Gasteiger partial charge in [0, 0.05) is 17.3 Å². The molecule has 0 aromatic carbocycles. The van der Waals surface area contributed by atoms with Crippen LogP contribution in [0.3, 0.4) is 0 Å². The largest absolute Gasteiger partial charge is 0.242 e. The zero-order chi connectivity index (χ0) is 9.89. The van der Waals surface area contributed by atoms with E-state index in [-0.39, 0.29) is 5.25 Å². The van der Waals surface area contributed by atoms with E-state index in [4.69, 9.17) is 0 Å². The molecule has 0 fully saturated rings. The zero-order valence-corrected chi connectivity index (χ0v) is 9.81. The van der Waals surface area contributed by atoms with Gasteiger partial charge in [-0.15, -0.1) is 0 Å². The molecule has 0 N–H and O–H groups in total. The molecule has 3 heteroatoms. The predicted octanol–water partition coefficient (Wildman–Crippen LogP) is 2.18. The molecular weight excluding hydrogens is 170 g/mol. The van der Waals surface area contributed by atoms with Crippen molar-refractivity contribution in [2.45, 2.75) is 58.9 Å². The Balaban J connectivity index is 4.41. The minimum Gasteiger partial charge on any atom is -0.242 e. The summed E-state index contributed by atoms with van der Waals surface area (Å²) in [5.41, 5.74) is 0. The van der Waals surface area contributed by atoms with Crippen LogP contribution in [0.5, 0.6) is 0 Å². The van der Waals surface area contributed by atoms with Crippen LogP contribution in [-0.2, 0) is 11.0 Å². The van der Waals surface area contributed by atoms with Gasteiger partial charge in [0.2, 0.25) is 0 Å². The quantitative estimate of drug-likeness (QED) is 0.667. The molecule has 2 nitrogen and oxygen atoms in total. The summed E-state index contributed by atoms with van der Waals surface area (Å²) in [7, 11) is -0.836. The van der Waals surface area contributed by atoms with Gasteiger partial charge in [-0.05, 0) is 41.5 Å². The molecule has 0 saturated carbocycles. The second-order valence-electron chi connectivity index (χ2n) is 3.87. The highest BCUT2D eigenvalue weighted by Crippen LogP contribution is 2.11. The van der Waals surface area contributed by atoms with Gasteiger partial charge in [0.1, 0.15) is 0 Å². The van der Waals surface area contributed by atoms with Gasteiger partial charge in [0.05, 0.1) is 11.0 Å². The molecule has 0 heterocycles. The summed E-state index contributed by atoms with van der Waals surface area (Å²) >= 11 is 0. The van der Waals surface area contributed by atoms with Crippen LogP contribution in [0.25, 0.3) is 0 Å². The fraction of sp³-hybridized carbons (Fsp3) is 1.00. The minimum atomic E-state index is -0.836. The van der Waals surface area contributed by atoms with Crippen LogP contribution in [0.4, 0.5) is 0 Å². The van der Waals surface area contributed by atoms with Gasteiger partial charge in [0.15, 0.2) is 0 Å². The molecule has 0 rings (SSSR count). The lowest BCUT2D eigenvalue weighted by Gasteiger charge is -2.30. The highest BCUT2D eigenvalue weighted by atomic mass is 32.2. The average Bonchev–Trinajstić information content (AvgIpc) is 1.85. The lowest BCUT2D eigenvalue weighted by molar-refractivity contribution is 0.318. The first-order chi connectivity index (χ1) is 5.37. The molecule has 74 valence electrons.